The van der Waals surface area contributed by atoms with Gasteiger partial charge >= 0.3 is 5.97 Å². The van der Waals surface area contributed by atoms with Crippen molar-refractivity contribution in [3.05, 3.63) is 30.1 Å². The Labute approximate surface area is 87.2 Å². The van der Waals surface area contributed by atoms with Gasteiger partial charge in [-0.15, -0.1) is 0 Å². The molecule has 0 amide bonds. The van der Waals surface area contributed by atoms with Crippen LogP contribution in [0.15, 0.2) is 24.4 Å². The number of hydrogen-bond acceptors (Lipinski definition) is 5. The molecule has 0 aliphatic carbocycles. The summed E-state index contributed by atoms with van der Waals surface area (Å²) in [6.45, 7) is 1.71. The van der Waals surface area contributed by atoms with Gasteiger partial charge in [-0.05, 0) is 18.6 Å². The van der Waals surface area contributed by atoms with E-state index >= 15 is 0 Å². The lowest BCUT2D eigenvalue weighted by molar-refractivity contribution is -0.147. The molecule has 0 aliphatic heterocycles. The van der Waals surface area contributed by atoms with Gasteiger partial charge < -0.3 is 4.84 Å². The maximum atomic E-state index is 11.8. The van der Waals surface area contributed by atoms with Crippen molar-refractivity contribution in [2.24, 2.45) is 11.8 Å². The Hall–Kier alpha value is -1.75. The number of carbonyl (C=O) groups excluding carboxylic acids is 2. The first kappa shape index (κ1) is 11.3. The average Bonchev–Trinajstić information content (AvgIpc) is 2.30. The zero-order valence-electron chi connectivity index (χ0n) is 8.34. The topological polar surface area (TPSA) is 82.3 Å². The predicted molar refractivity (Wildman–Crippen MR) is 52.6 cm³/mol. The van der Waals surface area contributed by atoms with Crippen LogP contribution in [-0.2, 0) is 9.63 Å². The minimum Gasteiger partial charge on any atom is -0.373 e. The lowest BCUT2D eigenvalue weighted by Gasteiger charge is -2.09. The summed E-state index contributed by atoms with van der Waals surface area (Å²) >= 11 is 0. The van der Waals surface area contributed by atoms with Gasteiger partial charge in [0.2, 0.25) is 0 Å². The van der Waals surface area contributed by atoms with Crippen LogP contribution in [0, 0.1) is 5.92 Å². The van der Waals surface area contributed by atoms with E-state index in [1.54, 1.807) is 25.1 Å². The molecule has 0 radical (unpaired) electrons. The molecule has 80 valence electrons. The number of aromatic nitrogens is 1. The lowest BCUT2D eigenvalue weighted by Crippen LogP contribution is -2.28. The van der Waals surface area contributed by atoms with E-state index in [2.05, 4.69) is 9.82 Å². The van der Waals surface area contributed by atoms with E-state index in [4.69, 9.17) is 5.90 Å². The Morgan fingerprint density at radius 2 is 2.27 bits per heavy atom. The Kier molecular flexibility index (Phi) is 3.93. The van der Waals surface area contributed by atoms with Crippen LogP contribution in [0.5, 0.6) is 0 Å². The summed E-state index contributed by atoms with van der Waals surface area (Å²) in [4.78, 5) is 30.8. The number of nitrogens with zero attached hydrogens (tertiary/aromatic N) is 1. The van der Waals surface area contributed by atoms with Gasteiger partial charge in [0.1, 0.15) is 11.6 Å². The molecule has 1 unspecified atom stereocenters. The molecule has 1 aromatic heterocycles. The molecular formula is C10H12N2O3. The highest BCUT2D eigenvalue weighted by Gasteiger charge is 2.27. The third-order valence-electron chi connectivity index (χ3n) is 2.04. The van der Waals surface area contributed by atoms with Gasteiger partial charge in [0.15, 0.2) is 5.78 Å². The molecule has 0 fully saturated rings. The van der Waals surface area contributed by atoms with Crippen LogP contribution in [0.4, 0.5) is 0 Å². The Morgan fingerprint density at radius 3 is 2.73 bits per heavy atom. The van der Waals surface area contributed by atoms with Crippen LogP contribution in [0.1, 0.15) is 23.8 Å². The van der Waals surface area contributed by atoms with Crippen LogP contribution in [-0.4, -0.2) is 16.7 Å². The average molecular weight is 208 g/mol. The molecule has 0 saturated heterocycles. The van der Waals surface area contributed by atoms with Crippen molar-refractivity contribution in [2.75, 3.05) is 0 Å². The summed E-state index contributed by atoms with van der Waals surface area (Å²) in [5.74, 6) is 2.78. The number of hydrogen-bond donors (Lipinski definition) is 1. The molecular weight excluding hydrogens is 196 g/mol. The van der Waals surface area contributed by atoms with Crippen molar-refractivity contribution < 1.29 is 14.4 Å². The number of carbonyl (C=O) groups is 2. The zero-order valence-corrected chi connectivity index (χ0v) is 8.34. The lowest BCUT2D eigenvalue weighted by atomic mass is 9.99. The van der Waals surface area contributed by atoms with Crippen LogP contribution >= 0.6 is 0 Å². The second-order valence-corrected chi connectivity index (χ2v) is 2.98. The van der Waals surface area contributed by atoms with Crippen molar-refractivity contribution >= 4 is 11.8 Å². The highest BCUT2D eigenvalue weighted by Crippen LogP contribution is 2.11. The van der Waals surface area contributed by atoms with Gasteiger partial charge in [0.05, 0.1) is 0 Å². The van der Waals surface area contributed by atoms with Crippen LogP contribution in [0.25, 0.3) is 0 Å². The number of rotatable bonds is 4. The fourth-order valence-corrected chi connectivity index (χ4v) is 1.23. The van der Waals surface area contributed by atoms with Gasteiger partial charge in [0.25, 0.3) is 0 Å². The summed E-state index contributed by atoms with van der Waals surface area (Å²) in [6, 6.07) is 4.93. The predicted octanol–water partition coefficient (Wildman–Crippen LogP) is 0.707. The molecule has 1 heterocycles. The quantitative estimate of drug-likeness (QED) is 0.447. The van der Waals surface area contributed by atoms with Gasteiger partial charge in [0, 0.05) is 6.20 Å². The molecule has 1 rings (SSSR count). The highest BCUT2D eigenvalue weighted by atomic mass is 16.7. The summed E-state index contributed by atoms with van der Waals surface area (Å²) in [5.41, 5.74) is 0.245. The molecule has 0 bridgehead atoms. The second-order valence-electron chi connectivity index (χ2n) is 2.98. The van der Waals surface area contributed by atoms with Crippen molar-refractivity contribution in [1.82, 2.24) is 4.98 Å². The molecule has 0 aromatic carbocycles. The van der Waals surface area contributed by atoms with E-state index in [-0.39, 0.29) is 11.5 Å². The van der Waals surface area contributed by atoms with Crippen molar-refractivity contribution in [3.8, 4) is 0 Å². The van der Waals surface area contributed by atoms with E-state index < -0.39 is 11.9 Å². The fourth-order valence-electron chi connectivity index (χ4n) is 1.23. The van der Waals surface area contributed by atoms with E-state index in [1.807, 2.05) is 0 Å². The third kappa shape index (κ3) is 2.60. The van der Waals surface area contributed by atoms with Crippen molar-refractivity contribution in [2.45, 2.75) is 13.3 Å². The van der Waals surface area contributed by atoms with Crippen molar-refractivity contribution in [1.29, 1.82) is 0 Å². The molecule has 15 heavy (non-hydrogen) atoms. The normalized spacial score (nSPS) is 11.9. The first-order valence-electron chi connectivity index (χ1n) is 4.56. The van der Waals surface area contributed by atoms with Gasteiger partial charge in [-0.2, -0.15) is 5.90 Å². The Balaban J connectivity index is 2.87. The van der Waals surface area contributed by atoms with E-state index in [1.165, 1.54) is 6.20 Å². The third-order valence-corrected chi connectivity index (χ3v) is 2.04. The second kappa shape index (κ2) is 5.21. The van der Waals surface area contributed by atoms with Gasteiger partial charge in [-0.25, -0.2) is 4.79 Å². The molecule has 1 atom stereocenters. The highest BCUT2D eigenvalue weighted by molar-refractivity contribution is 6.07. The Bertz CT molecular complexity index is 351. The SMILES string of the molecule is CCC(C(=O)ON)C(=O)c1ccccn1. The molecule has 0 aliphatic rings. The van der Waals surface area contributed by atoms with Crippen LogP contribution in [0.3, 0.4) is 0 Å². The number of pyridine rings is 1. The number of ketones is 1. The van der Waals surface area contributed by atoms with E-state index in [0.29, 0.717) is 6.42 Å². The number of nitrogens with two attached hydrogens (primary N) is 1. The summed E-state index contributed by atoms with van der Waals surface area (Å²) < 4.78 is 0. The van der Waals surface area contributed by atoms with Gasteiger partial charge in [-0.1, -0.05) is 13.0 Å². The molecule has 2 N–H and O–H groups in total. The first-order valence-corrected chi connectivity index (χ1v) is 4.56. The van der Waals surface area contributed by atoms with Crippen LogP contribution in [0.2, 0.25) is 0 Å². The van der Waals surface area contributed by atoms with E-state index in [0.717, 1.165) is 0 Å². The summed E-state index contributed by atoms with van der Waals surface area (Å²) in [7, 11) is 0. The maximum absolute atomic E-state index is 11.8. The van der Waals surface area contributed by atoms with Crippen molar-refractivity contribution in [3.63, 3.8) is 0 Å². The van der Waals surface area contributed by atoms with Crippen LogP contribution < -0.4 is 5.90 Å². The van der Waals surface area contributed by atoms with E-state index in [9.17, 15) is 9.59 Å². The molecule has 0 spiro atoms. The molecule has 1 aromatic rings. The minimum absolute atomic E-state index is 0.245. The summed E-state index contributed by atoms with van der Waals surface area (Å²) in [6.07, 6.45) is 1.83. The molecule has 5 nitrogen and oxygen atoms in total. The summed E-state index contributed by atoms with van der Waals surface area (Å²) in [5, 5.41) is 0. The monoisotopic (exact) mass is 208 g/mol. The van der Waals surface area contributed by atoms with Gasteiger partial charge in [-0.3, -0.25) is 9.78 Å². The first-order chi connectivity index (χ1) is 7.20. The number of Topliss-reactive ketones (excluding diaryl/α,β-unsaturated/α-hetero) is 1. The maximum Gasteiger partial charge on any atom is 0.335 e. The minimum atomic E-state index is -0.870. The standard InChI is InChI=1S/C10H12N2O3/c1-2-7(10(14)15-11)9(13)8-5-3-4-6-12-8/h3-7H,2,11H2,1H3. The molecule has 0 saturated carbocycles. The zero-order chi connectivity index (χ0) is 11.3. The molecule has 5 heteroatoms. The smallest absolute Gasteiger partial charge is 0.335 e. The Morgan fingerprint density at radius 1 is 1.53 bits per heavy atom. The largest absolute Gasteiger partial charge is 0.373 e. The fraction of sp³-hybridized carbons (Fsp3) is 0.300.